The summed E-state index contributed by atoms with van der Waals surface area (Å²) < 4.78 is 2.81. The molecule has 0 amide bonds. The van der Waals surface area contributed by atoms with Crippen LogP contribution in [0.2, 0.25) is 0 Å². The molecule has 4 nitrogen and oxygen atoms in total. The Bertz CT molecular complexity index is 563. The Morgan fingerprint density at radius 2 is 2.16 bits per heavy atom. The van der Waals surface area contributed by atoms with Crippen molar-refractivity contribution in [3.63, 3.8) is 0 Å². The molecule has 0 aliphatic heterocycles. The van der Waals surface area contributed by atoms with E-state index in [-0.39, 0.29) is 0 Å². The monoisotopic (exact) mass is 323 g/mol. The highest BCUT2D eigenvalue weighted by Crippen LogP contribution is 2.26. The van der Waals surface area contributed by atoms with Crippen molar-refractivity contribution in [2.75, 3.05) is 0 Å². The van der Waals surface area contributed by atoms with Gasteiger partial charge in [0.2, 0.25) is 0 Å². The molecule has 0 bridgehead atoms. The fraction of sp³-hybridized carbons (Fsp3) is 0.429. The first-order chi connectivity index (χ1) is 9.02. The van der Waals surface area contributed by atoms with Crippen LogP contribution >= 0.6 is 15.9 Å². The molecule has 0 aromatic carbocycles. The predicted molar refractivity (Wildman–Crippen MR) is 77.9 cm³/mol. The predicted octanol–water partition coefficient (Wildman–Crippen LogP) is 2.72. The minimum absolute atomic E-state index is 0.500. The maximum Gasteiger partial charge on any atom is 0.101 e. The molecule has 0 spiro atoms. The molecule has 2 rings (SSSR count). The van der Waals surface area contributed by atoms with Gasteiger partial charge in [0, 0.05) is 19.7 Å². The minimum Gasteiger partial charge on any atom is -0.386 e. The molecular weight excluding hydrogens is 306 g/mol. The van der Waals surface area contributed by atoms with E-state index >= 15 is 0 Å². The molecule has 0 aliphatic carbocycles. The number of aromatic nitrogens is 3. The number of hydrogen-bond donors (Lipinski definition) is 1. The second-order valence-electron chi connectivity index (χ2n) is 4.66. The first-order valence-corrected chi connectivity index (χ1v) is 7.13. The van der Waals surface area contributed by atoms with Gasteiger partial charge in [-0.15, -0.1) is 0 Å². The van der Waals surface area contributed by atoms with Crippen LogP contribution in [-0.4, -0.2) is 19.9 Å². The van der Waals surface area contributed by atoms with Gasteiger partial charge in [-0.2, -0.15) is 5.10 Å². The van der Waals surface area contributed by atoms with Gasteiger partial charge in [-0.1, -0.05) is 13.0 Å². The molecular formula is C14H18BrN3O. The number of pyridine rings is 1. The second kappa shape index (κ2) is 5.84. The zero-order valence-corrected chi connectivity index (χ0v) is 13.0. The highest BCUT2D eigenvalue weighted by molar-refractivity contribution is 9.10. The molecule has 1 atom stereocenters. The van der Waals surface area contributed by atoms with Crippen molar-refractivity contribution < 1.29 is 5.11 Å². The summed E-state index contributed by atoms with van der Waals surface area (Å²) in [6.07, 6.45) is 2.53. The van der Waals surface area contributed by atoms with Crippen molar-refractivity contribution in [2.45, 2.75) is 32.8 Å². The maximum atomic E-state index is 10.3. The number of halogens is 1. The van der Waals surface area contributed by atoms with Gasteiger partial charge in [0.1, 0.15) is 6.10 Å². The van der Waals surface area contributed by atoms with Gasteiger partial charge in [-0.25, -0.2) is 0 Å². The molecule has 0 radical (unpaired) electrons. The van der Waals surface area contributed by atoms with Crippen molar-refractivity contribution >= 4 is 15.9 Å². The van der Waals surface area contributed by atoms with E-state index in [9.17, 15) is 5.11 Å². The number of aryl methyl sites for hydroxylation is 3. The Morgan fingerprint density at radius 3 is 2.68 bits per heavy atom. The van der Waals surface area contributed by atoms with Gasteiger partial charge in [0.05, 0.1) is 21.6 Å². The molecule has 19 heavy (non-hydrogen) atoms. The summed E-state index contributed by atoms with van der Waals surface area (Å²) in [6, 6.07) is 3.83. The summed E-state index contributed by atoms with van der Waals surface area (Å²) in [5, 5.41) is 14.7. The lowest BCUT2D eigenvalue weighted by Gasteiger charge is -2.11. The number of nitrogens with zero attached hydrogens (tertiary/aromatic N) is 3. The summed E-state index contributed by atoms with van der Waals surface area (Å²) in [7, 11) is 1.90. The molecule has 5 heteroatoms. The van der Waals surface area contributed by atoms with E-state index in [2.05, 4.69) is 32.9 Å². The van der Waals surface area contributed by atoms with Gasteiger partial charge < -0.3 is 5.11 Å². The molecule has 0 saturated heterocycles. The summed E-state index contributed by atoms with van der Waals surface area (Å²) in [6.45, 7) is 4.04. The van der Waals surface area contributed by atoms with Gasteiger partial charge >= 0.3 is 0 Å². The third kappa shape index (κ3) is 3.04. The lowest BCUT2D eigenvalue weighted by molar-refractivity contribution is 0.171. The quantitative estimate of drug-likeness (QED) is 0.941. The van der Waals surface area contributed by atoms with Gasteiger partial charge in [0.15, 0.2) is 0 Å². The van der Waals surface area contributed by atoms with Crippen LogP contribution in [0.3, 0.4) is 0 Å². The maximum absolute atomic E-state index is 10.3. The van der Waals surface area contributed by atoms with Gasteiger partial charge in [-0.05, 0) is 40.9 Å². The Labute approximate surface area is 121 Å². The molecule has 1 unspecified atom stereocenters. The Hall–Kier alpha value is -1.20. The lowest BCUT2D eigenvalue weighted by Crippen LogP contribution is -2.08. The molecule has 0 aliphatic rings. The van der Waals surface area contributed by atoms with Crippen molar-refractivity contribution in [2.24, 2.45) is 7.05 Å². The molecule has 0 fully saturated rings. The van der Waals surface area contributed by atoms with E-state index in [4.69, 9.17) is 0 Å². The smallest absolute Gasteiger partial charge is 0.101 e. The normalized spacial score (nSPS) is 12.7. The van der Waals surface area contributed by atoms with E-state index in [1.54, 1.807) is 6.20 Å². The highest BCUT2D eigenvalue weighted by atomic mass is 79.9. The zero-order chi connectivity index (χ0) is 14.0. The van der Waals surface area contributed by atoms with Crippen LogP contribution in [0.25, 0.3) is 0 Å². The Morgan fingerprint density at radius 1 is 1.42 bits per heavy atom. The van der Waals surface area contributed by atoms with E-state index in [1.165, 1.54) is 0 Å². The zero-order valence-electron chi connectivity index (χ0n) is 11.4. The third-order valence-corrected chi connectivity index (χ3v) is 4.08. The van der Waals surface area contributed by atoms with Crippen molar-refractivity contribution in [1.82, 2.24) is 14.8 Å². The Kier molecular flexibility index (Phi) is 4.37. The molecule has 2 aromatic heterocycles. The van der Waals surface area contributed by atoms with E-state index < -0.39 is 6.10 Å². The van der Waals surface area contributed by atoms with Gasteiger partial charge in [-0.3, -0.25) is 9.67 Å². The summed E-state index contributed by atoms with van der Waals surface area (Å²) in [5.74, 6) is 0. The first kappa shape index (κ1) is 14.2. The lowest BCUT2D eigenvalue weighted by atomic mass is 10.1. The molecule has 2 aromatic rings. The second-order valence-corrected chi connectivity index (χ2v) is 5.46. The number of rotatable bonds is 4. The molecule has 102 valence electrons. The van der Waals surface area contributed by atoms with Crippen LogP contribution in [0.4, 0.5) is 0 Å². The topological polar surface area (TPSA) is 50.9 Å². The Balaban J connectivity index is 2.21. The third-order valence-electron chi connectivity index (χ3n) is 3.17. The fourth-order valence-corrected chi connectivity index (χ4v) is 2.78. The van der Waals surface area contributed by atoms with Crippen LogP contribution in [-0.2, 0) is 19.9 Å². The standard InChI is InChI=1S/C14H18BrN3O/c1-4-10-14(15)12(18(3)17-10)7-13(19)11-6-5-9(2)8-16-11/h5-6,8,13,19H,4,7H2,1-3H3. The number of hydrogen-bond acceptors (Lipinski definition) is 3. The van der Waals surface area contributed by atoms with Crippen molar-refractivity contribution in [1.29, 1.82) is 0 Å². The fourth-order valence-electron chi connectivity index (χ4n) is 2.01. The van der Waals surface area contributed by atoms with Crippen molar-refractivity contribution in [3.05, 3.63) is 45.4 Å². The molecule has 1 N–H and O–H groups in total. The number of aliphatic hydroxyl groups excluding tert-OH is 1. The molecule has 2 heterocycles. The minimum atomic E-state index is -0.614. The van der Waals surface area contributed by atoms with E-state index in [1.807, 2.05) is 30.8 Å². The average molecular weight is 324 g/mol. The van der Waals surface area contributed by atoms with Crippen LogP contribution in [0, 0.1) is 6.92 Å². The van der Waals surface area contributed by atoms with Crippen LogP contribution in [0.1, 0.15) is 35.7 Å². The van der Waals surface area contributed by atoms with Crippen LogP contribution in [0.15, 0.2) is 22.8 Å². The summed E-state index contributed by atoms with van der Waals surface area (Å²) in [4.78, 5) is 4.27. The summed E-state index contributed by atoms with van der Waals surface area (Å²) >= 11 is 3.56. The first-order valence-electron chi connectivity index (χ1n) is 6.33. The van der Waals surface area contributed by atoms with Crippen LogP contribution in [0.5, 0.6) is 0 Å². The van der Waals surface area contributed by atoms with Crippen molar-refractivity contribution in [3.8, 4) is 0 Å². The van der Waals surface area contributed by atoms with E-state index in [0.717, 1.165) is 27.8 Å². The van der Waals surface area contributed by atoms with Gasteiger partial charge in [0.25, 0.3) is 0 Å². The summed E-state index contributed by atoms with van der Waals surface area (Å²) in [5.41, 5.74) is 3.79. The highest BCUT2D eigenvalue weighted by Gasteiger charge is 2.18. The largest absolute Gasteiger partial charge is 0.386 e. The average Bonchev–Trinajstić information content (AvgIpc) is 2.67. The SMILES string of the molecule is CCc1nn(C)c(CC(O)c2ccc(C)cn2)c1Br. The molecule has 0 saturated carbocycles. The van der Waals surface area contributed by atoms with E-state index in [0.29, 0.717) is 12.1 Å². The van der Waals surface area contributed by atoms with Crippen LogP contribution < -0.4 is 0 Å². The number of aliphatic hydroxyl groups is 1.